The van der Waals surface area contributed by atoms with Gasteiger partial charge in [-0.3, -0.25) is 28.8 Å². The Hall–Kier alpha value is -6.32. The summed E-state index contributed by atoms with van der Waals surface area (Å²) in [5, 5.41) is 19.0. The molecule has 3 aromatic carbocycles. The molecule has 0 aromatic heterocycles. The SMILES string of the molecule is COc1ccc(C[C@H]2C(=O)N[C@@H](C)C(=O)N(C)[C@H]3Cc4ccc(cc4)Oc4cc(cc(O)c4OC)C[C@@H](C(=O)N[C@@H](C)C(=O)N[C@@H](C)C(=O)N2C)N(C)C3=O)cc1. The molecule has 6 amide bonds. The van der Waals surface area contributed by atoms with Crippen molar-refractivity contribution in [2.24, 2.45) is 0 Å². The zero-order valence-electron chi connectivity index (χ0n) is 33.3. The number of hydrogen-bond donors (Lipinski definition) is 4. The van der Waals surface area contributed by atoms with E-state index in [9.17, 15) is 33.9 Å². The van der Waals surface area contributed by atoms with Crippen molar-refractivity contribution in [3.8, 4) is 28.7 Å². The van der Waals surface area contributed by atoms with Crippen LogP contribution in [0.25, 0.3) is 0 Å². The number of phenols is 1. The molecule has 16 nitrogen and oxygen atoms in total. The quantitative estimate of drug-likeness (QED) is 0.302. The number of nitrogens with one attached hydrogen (secondary N) is 3. The van der Waals surface area contributed by atoms with Crippen molar-refractivity contribution in [1.29, 1.82) is 0 Å². The maximum Gasteiger partial charge on any atom is 0.246 e. The first-order valence-electron chi connectivity index (χ1n) is 18.5. The number of phenolic OH excluding ortho intramolecular Hbond substituents is 1. The molecule has 0 spiro atoms. The second-order valence-electron chi connectivity index (χ2n) is 14.4. The molecule has 4 N–H and O–H groups in total. The van der Waals surface area contributed by atoms with Gasteiger partial charge in [0.05, 0.1) is 14.2 Å². The van der Waals surface area contributed by atoms with Gasteiger partial charge in [-0.2, -0.15) is 0 Å². The van der Waals surface area contributed by atoms with Crippen LogP contribution in [0.2, 0.25) is 0 Å². The molecule has 304 valence electrons. The van der Waals surface area contributed by atoms with Gasteiger partial charge in [-0.25, -0.2) is 0 Å². The van der Waals surface area contributed by atoms with Crippen molar-refractivity contribution in [2.45, 2.75) is 76.3 Å². The van der Waals surface area contributed by atoms with Crippen LogP contribution in [0.3, 0.4) is 0 Å². The van der Waals surface area contributed by atoms with Crippen molar-refractivity contribution in [2.75, 3.05) is 35.4 Å². The molecule has 0 radical (unpaired) electrons. The second-order valence-corrected chi connectivity index (χ2v) is 14.4. The van der Waals surface area contributed by atoms with Gasteiger partial charge < -0.3 is 50.0 Å². The first kappa shape index (κ1) is 41.8. The van der Waals surface area contributed by atoms with E-state index in [1.165, 1.54) is 76.9 Å². The van der Waals surface area contributed by atoms with Gasteiger partial charge in [0, 0.05) is 40.4 Å². The Balaban J connectivity index is 1.59. The fourth-order valence-electron chi connectivity index (χ4n) is 6.95. The highest BCUT2D eigenvalue weighted by Crippen LogP contribution is 2.40. The number of carbonyl (C=O) groups is 6. The monoisotopic (exact) mass is 786 g/mol. The normalized spacial score (nSPS) is 24.1. The molecular weight excluding hydrogens is 736 g/mol. The van der Waals surface area contributed by atoms with Gasteiger partial charge in [0.15, 0.2) is 11.5 Å². The summed E-state index contributed by atoms with van der Waals surface area (Å²) in [5.41, 5.74) is 1.73. The van der Waals surface area contributed by atoms with Crippen molar-refractivity contribution in [3.63, 3.8) is 0 Å². The molecule has 1 fully saturated rings. The fraction of sp³-hybridized carbons (Fsp3) is 0.415. The third kappa shape index (κ3) is 9.39. The van der Waals surface area contributed by atoms with Crippen molar-refractivity contribution >= 4 is 35.4 Å². The molecule has 3 aromatic rings. The number of fused-ring (bicyclic) bond motifs is 2. The molecule has 3 aliphatic rings. The Bertz CT molecular complexity index is 2010. The van der Waals surface area contributed by atoms with E-state index in [0.29, 0.717) is 28.2 Å². The molecule has 6 atom stereocenters. The molecule has 16 heteroatoms. The van der Waals surface area contributed by atoms with Crippen molar-refractivity contribution < 1.29 is 48.1 Å². The Morgan fingerprint density at radius 3 is 1.82 bits per heavy atom. The largest absolute Gasteiger partial charge is 0.504 e. The Morgan fingerprint density at radius 2 is 1.21 bits per heavy atom. The summed E-state index contributed by atoms with van der Waals surface area (Å²) in [6.07, 6.45) is -0.0768. The van der Waals surface area contributed by atoms with E-state index in [0.717, 1.165) is 0 Å². The summed E-state index contributed by atoms with van der Waals surface area (Å²) < 4.78 is 16.8. The van der Waals surface area contributed by atoms with Crippen LogP contribution in [0.5, 0.6) is 28.7 Å². The zero-order chi connectivity index (χ0) is 41.7. The maximum atomic E-state index is 14.7. The summed E-state index contributed by atoms with van der Waals surface area (Å²) >= 11 is 0. The van der Waals surface area contributed by atoms with Crippen LogP contribution in [0.4, 0.5) is 0 Å². The maximum absolute atomic E-state index is 14.7. The standard InChI is InChI=1S/C41H50N6O10/c1-22-36(49)43-23(2)39(52)45(4)30(17-25-9-13-28(55-7)14-10-25)38(51)44-24(3)40(53)47(6)32-18-26-11-15-29(16-12-26)57-34-21-27(20-33(48)35(34)56-8)19-31(37(50)42-22)46(5)41(32)54/h9-16,20-24,30-32,48H,17-19H2,1-8H3,(H,42,50)(H,43,49)(H,44,51)/t22-,23-,24-,30-,31-,32-/m0/s1. The van der Waals surface area contributed by atoms with E-state index in [4.69, 9.17) is 14.2 Å². The van der Waals surface area contributed by atoms with Gasteiger partial charge in [-0.1, -0.05) is 24.3 Å². The van der Waals surface area contributed by atoms with Crippen molar-refractivity contribution in [3.05, 3.63) is 77.4 Å². The number of nitrogens with zero attached hydrogens (tertiary/aromatic N) is 3. The Morgan fingerprint density at radius 1 is 0.649 bits per heavy atom. The molecule has 6 rings (SSSR count). The lowest BCUT2D eigenvalue weighted by molar-refractivity contribution is -0.149. The van der Waals surface area contributed by atoms with Gasteiger partial charge >= 0.3 is 0 Å². The van der Waals surface area contributed by atoms with E-state index >= 15 is 0 Å². The molecule has 0 saturated carbocycles. The molecule has 3 aliphatic heterocycles. The highest BCUT2D eigenvalue weighted by atomic mass is 16.5. The lowest BCUT2D eigenvalue weighted by Gasteiger charge is -2.36. The first-order chi connectivity index (χ1) is 27.0. The topological polar surface area (TPSA) is 196 Å². The zero-order valence-corrected chi connectivity index (χ0v) is 33.3. The lowest BCUT2D eigenvalue weighted by Crippen LogP contribution is -2.61. The number of carbonyl (C=O) groups excluding carboxylic acids is 6. The van der Waals surface area contributed by atoms with Gasteiger partial charge in [0.1, 0.15) is 47.8 Å². The summed E-state index contributed by atoms with van der Waals surface area (Å²) in [6, 6.07) is 9.66. The van der Waals surface area contributed by atoms with Gasteiger partial charge in [-0.15, -0.1) is 0 Å². The minimum absolute atomic E-state index is 0.0180. The molecule has 1 saturated heterocycles. The van der Waals surface area contributed by atoms with Gasteiger partial charge in [-0.05, 0) is 73.9 Å². The molecular formula is C41H50N6O10. The fourth-order valence-corrected chi connectivity index (χ4v) is 6.95. The number of aromatic hydroxyl groups is 1. The van der Waals surface area contributed by atoms with Crippen LogP contribution < -0.4 is 30.2 Å². The summed E-state index contributed by atoms with van der Waals surface area (Å²) in [5.74, 6) is -2.91. The van der Waals surface area contributed by atoms with E-state index in [1.807, 2.05) is 0 Å². The van der Waals surface area contributed by atoms with E-state index in [2.05, 4.69) is 16.0 Å². The van der Waals surface area contributed by atoms with Crippen LogP contribution >= 0.6 is 0 Å². The number of hydrogen-bond acceptors (Lipinski definition) is 10. The molecule has 3 heterocycles. The summed E-state index contributed by atoms with van der Waals surface area (Å²) in [6.45, 7) is 4.38. The number of benzene rings is 3. The smallest absolute Gasteiger partial charge is 0.246 e. The minimum Gasteiger partial charge on any atom is -0.504 e. The average molecular weight is 787 g/mol. The van der Waals surface area contributed by atoms with E-state index in [-0.39, 0.29) is 36.5 Å². The third-order valence-corrected chi connectivity index (χ3v) is 10.4. The van der Waals surface area contributed by atoms with Crippen LogP contribution in [0.15, 0.2) is 60.7 Å². The van der Waals surface area contributed by atoms with Crippen molar-refractivity contribution in [1.82, 2.24) is 30.7 Å². The summed E-state index contributed by atoms with van der Waals surface area (Å²) in [7, 11) is 7.20. The second kappa shape index (κ2) is 17.6. The van der Waals surface area contributed by atoms with Gasteiger partial charge in [0.2, 0.25) is 41.2 Å². The van der Waals surface area contributed by atoms with Gasteiger partial charge in [0.25, 0.3) is 0 Å². The number of ether oxygens (including phenoxy) is 3. The van der Waals surface area contributed by atoms with E-state index < -0.39 is 71.7 Å². The summed E-state index contributed by atoms with van der Waals surface area (Å²) in [4.78, 5) is 88.1. The Kier molecular flexibility index (Phi) is 13.0. The molecule has 6 bridgehead atoms. The number of likely N-dealkylation sites (N-methyl/N-ethyl adjacent to an activating group) is 3. The first-order valence-corrected chi connectivity index (χ1v) is 18.5. The highest BCUT2D eigenvalue weighted by molar-refractivity contribution is 5.98. The molecule has 0 unspecified atom stereocenters. The third-order valence-electron chi connectivity index (χ3n) is 10.4. The van der Waals surface area contributed by atoms with Crippen LogP contribution in [-0.4, -0.2) is 127 Å². The molecule has 57 heavy (non-hydrogen) atoms. The highest BCUT2D eigenvalue weighted by Gasteiger charge is 2.39. The number of amides is 6. The molecule has 0 aliphatic carbocycles. The predicted molar refractivity (Wildman–Crippen MR) is 208 cm³/mol. The van der Waals surface area contributed by atoms with Crippen LogP contribution in [0.1, 0.15) is 37.5 Å². The number of rotatable bonds is 4. The minimum atomic E-state index is -1.27. The van der Waals surface area contributed by atoms with Crippen LogP contribution in [0, 0.1) is 0 Å². The Labute approximate surface area is 331 Å². The van der Waals surface area contributed by atoms with E-state index in [1.54, 1.807) is 54.6 Å². The van der Waals surface area contributed by atoms with Crippen LogP contribution in [-0.2, 0) is 48.0 Å². The predicted octanol–water partition coefficient (Wildman–Crippen LogP) is 1.55. The lowest BCUT2D eigenvalue weighted by atomic mass is 9.98. The number of methoxy groups -OCH3 is 2. The average Bonchev–Trinajstić information content (AvgIpc) is 3.19.